The summed E-state index contributed by atoms with van der Waals surface area (Å²) in [6.07, 6.45) is 0. The predicted octanol–water partition coefficient (Wildman–Crippen LogP) is 4.20. The second kappa shape index (κ2) is 7.81. The number of nitrogens with zero attached hydrogens (tertiary/aromatic N) is 2. The van der Waals surface area contributed by atoms with Crippen LogP contribution in [0.2, 0.25) is 0 Å². The maximum atomic E-state index is 11.4. The number of methoxy groups -OCH3 is 1. The van der Waals surface area contributed by atoms with E-state index in [1.54, 1.807) is 30.3 Å². The summed E-state index contributed by atoms with van der Waals surface area (Å²) in [5.41, 5.74) is 0.328. The number of nitro groups is 1. The van der Waals surface area contributed by atoms with Crippen molar-refractivity contribution in [2.45, 2.75) is 0 Å². The minimum atomic E-state index is -0.525. The zero-order chi connectivity index (χ0) is 18.5. The topological polar surface area (TPSA) is 104 Å². The molecule has 2 aromatic carbocycles. The summed E-state index contributed by atoms with van der Waals surface area (Å²) in [5.74, 6) is 0.999. The van der Waals surface area contributed by atoms with Gasteiger partial charge < -0.3 is 19.3 Å². The number of nitro benzene ring substituents is 1. The van der Waals surface area contributed by atoms with Crippen LogP contribution in [0.25, 0.3) is 10.6 Å². The fourth-order valence-electron chi connectivity index (χ4n) is 2.14. The van der Waals surface area contributed by atoms with Gasteiger partial charge in [-0.1, -0.05) is 0 Å². The van der Waals surface area contributed by atoms with Gasteiger partial charge in [-0.05, 0) is 36.4 Å². The van der Waals surface area contributed by atoms with E-state index in [0.717, 1.165) is 0 Å². The number of benzene rings is 2. The zero-order valence-corrected chi connectivity index (χ0v) is 14.4. The van der Waals surface area contributed by atoms with E-state index in [-0.39, 0.29) is 24.1 Å². The third-order valence-corrected chi connectivity index (χ3v) is 4.17. The fourth-order valence-corrected chi connectivity index (χ4v) is 2.81. The molecular formula is C17H14N2O6S. The Kier molecular flexibility index (Phi) is 5.30. The molecule has 3 aromatic rings. The van der Waals surface area contributed by atoms with Crippen molar-refractivity contribution >= 4 is 17.0 Å². The van der Waals surface area contributed by atoms with Gasteiger partial charge in [-0.25, -0.2) is 4.98 Å². The zero-order valence-electron chi connectivity index (χ0n) is 13.6. The molecule has 0 radical (unpaired) electrons. The van der Waals surface area contributed by atoms with E-state index in [9.17, 15) is 15.2 Å². The molecule has 0 amide bonds. The molecule has 0 aliphatic heterocycles. The van der Waals surface area contributed by atoms with Crippen molar-refractivity contribution < 1.29 is 24.2 Å². The van der Waals surface area contributed by atoms with Gasteiger partial charge in [-0.15, -0.1) is 11.3 Å². The molecule has 1 aromatic heterocycles. The van der Waals surface area contributed by atoms with Crippen LogP contribution in [0, 0.1) is 10.1 Å². The van der Waals surface area contributed by atoms with E-state index in [1.165, 1.54) is 36.0 Å². The standard InChI is InChI=1S/C17H14N2O6S/c1-23-10-24-12-3-5-13(6-4-12)25-15-7-2-11(8-14(15)19(21)22)17-18-16(20)9-26-17/h2-9,20H,10H2,1H3. The average molecular weight is 374 g/mol. The van der Waals surface area contributed by atoms with Crippen LogP contribution in [-0.2, 0) is 4.74 Å². The Morgan fingerprint density at radius 3 is 2.54 bits per heavy atom. The summed E-state index contributed by atoms with van der Waals surface area (Å²) in [6, 6.07) is 11.1. The molecule has 0 saturated carbocycles. The summed E-state index contributed by atoms with van der Waals surface area (Å²) in [7, 11) is 1.52. The first-order valence-electron chi connectivity index (χ1n) is 7.40. The Morgan fingerprint density at radius 1 is 1.19 bits per heavy atom. The van der Waals surface area contributed by atoms with Crippen LogP contribution >= 0.6 is 11.3 Å². The lowest BCUT2D eigenvalue weighted by Gasteiger charge is -2.09. The first-order valence-corrected chi connectivity index (χ1v) is 8.28. The van der Waals surface area contributed by atoms with Gasteiger partial charge in [0.1, 0.15) is 16.5 Å². The normalized spacial score (nSPS) is 10.5. The molecule has 3 rings (SSSR count). The van der Waals surface area contributed by atoms with Crippen LogP contribution in [0.4, 0.5) is 5.69 Å². The van der Waals surface area contributed by atoms with Gasteiger partial charge in [0, 0.05) is 18.7 Å². The Hall–Kier alpha value is -3.17. The summed E-state index contributed by atoms with van der Waals surface area (Å²) < 4.78 is 15.7. The molecule has 1 N–H and O–H groups in total. The summed E-state index contributed by atoms with van der Waals surface area (Å²) in [5, 5.41) is 22.7. The number of thiazole rings is 1. The second-order valence-electron chi connectivity index (χ2n) is 5.07. The third-order valence-electron chi connectivity index (χ3n) is 3.29. The predicted molar refractivity (Wildman–Crippen MR) is 94.9 cm³/mol. The Morgan fingerprint density at radius 2 is 1.92 bits per heavy atom. The highest BCUT2D eigenvalue weighted by molar-refractivity contribution is 7.13. The first kappa shape index (κ1) is 17.6. The number of ether oxygens (including phenoxy) is 3. The van der Waals surface area contributed by atoms with Gasteiger partial charge in [-0.2, -0.15) is 0 Å². The van der Waals surface area contributed by atoms with Gasteiger partial charge in [0.15, 0.2) is 6.79 Å². The highest BCUT2D eigenvalue weighted by Crippen LogP contribution is 2.36. The van der Waals surface area contributed by atoms with Crippen molar-refractivity contribution in [1.29, 1.82) is 0 Å². The molecule has 8 nitrogen and oxygen atoms in total. The highest BCUT2D eigenvalue weighted by Gasteiger charge is 2.18. The number of aromatic hydroxyl groups is 1. The fraction of sp³-hybridized carbons (Fsp3) is 0.118. The van der Waals surface area contributed by atoms with Gasteiger partial charge >= 0.3 is 5.69 Å². The van der Waals surface area contributed by atoms with E-state index < -0.39 is 4.92 Å². The van der Waals surface area contributed by atoms with Gasteiger partial charge in [0.2, 0.25) is 11.6 Å². The number of rotatable bonds is 7. The van der Waals surface area contributed by atoms with Crippen molar-refractivity contribution in [2.24, 2.45) is 0 Å². The van der Waals surface area contributed by atoms with Crippen LogP contribution in [0.3, 0.4) is 0 Å². The molecule has 0 aliphatic carbocycles. The van der Waals surface area contributed by atoms with E-state index in [2.05, 4.69) is 4.98 Å². The molecule has 1 heterocycles. The second-order valence-corrected chi connectivity index (χ2v) is 5.93. The minimum Gasteiger partial charge on any atom is -0.493 e. The molecular weight excluding hydrogens is 360 g/mol. The number of hydrogen-bond acceptors (Lipinski definition) is 8. The monoisotopic (exact) mass is 374 g/mol. The lowest BCUT2D eigenvalue weighted by molar-refractivity contribution is -0.385. The summed E-state index contributed by atoms with van der Waals surface area (Å²) >= 11 is 1.19. The number of aromatic nitrogens is 1. The molecule has 0 unspecified atom stereocenters. The third kappa shape index (κ3) is 4.08. The molecule has 9 heteroatoms. The average Bonchev–Trinajstić information content (AvgIpc) is 3.07. The van der Waals surface area contributed by atoms with E-state index >= 15 is 0 Å². The van der Waals surface area contributed by atoms with Crippen molar-refractivity contribution in [2.75, 3.05) is 13.9 Å². The van der Waals surface area contributed by atoms with Gasteiger partial charge in [0.25, 0.3) is 0 Å². The molecule has 26 heavy (non-hydrogen) atoms. The van der Waals surface area contributed by atoms with Crippen molar-refractivity contribution in [3.8, 4) is 33.7 Å². The van der Waals surface area contributed by atoms with E-state index in [1.807, 2.05) is 0 Å². The molecule has 134 valence electrons. The maximum absolute atomic E-state index is 11.4. The molecule has 0 atom stereocenters. The Labute approximate surface area is 152 Å². The first-order chi connectivity index (χ1) is 12.6. The van der Waals surface area contributed by atoms with Crippen LogP contribution < -0.4 is 9.47 Å². The maximum Gasteiger partial charge on any atom is 0.312 e. The smallest absolute Gasteiger partial charge is 0.312 e. The largest absolute Gasteiger partial charge is 0.493 e. The SMILES string of the molecule is COCOc1ccc(Oc2ccc(-c3nc(O)cs3)cc2[N+](=O)[O-])cc1. The molecule has 0 fully saturated rings. The van der Waals surface area contributed by atoms with Crippen LogP contribution in [0.5, 0.6) is 23.1 Å². The Bertz CT molecular complexity index is 910. The molecule has 0 spiro atoms. The minimum absolute atomic E-state index is 0.102. The van der Waals surface area contributed by atoms with Crippen LogP contribution in [-0.4, -0.2) is 28.9 Å². The van der Waals surface area contributed by atoms with Crippen LogP contribution in [0.1, 0.15) is 0 Å². The van der Waals surface area contributed by atoms with Gasteiger partial charge in [0.05, 0.1) is 10.3 Å². The lowest BCUT2D eigenvalue weighted by Crippen LogP contribution is -1.98. The molecule has 0 bridgehead atoms. The summed E-state index contributed by atoms with van der Waals surface area (Å²) in [4.78, 5) is 14.8. The lowest BCUT2D eigenvalue weighted by atomic mass is 10.2. The van der Waals surface area contributed by atoms with E-state index in [0.29, 0.717) is 22.1 Å². The van der Waals surface area contributed by atoms with Crippen molar-refractivity contribution in [3.63, 3.8) is 0 Å². The molecule has 0 aliphatic rings. The highest BCUT2D eigenvalue weighted by atomic mass is 32.1. The summed E-state index contributed by atoms with van der Waals surface area (Å²) in [6.45, 7) is 0.124. The van der Waals surface area contributed by atoms with Crippen molar-refractivity contribution in [1.82, 2.24) is 4.98 Å². The van der Waals surface area contributed by atoms with E-state index in [4.69, 9.17) is 14.2 Å². The quantitative estimate of drug-likeness (QED) is 0.375. The number of hydrogen-bond donors (Lipinski definition) is 1. The van der Waals surface area contributed by atoms with Crippen LogP contribution in [0.15, 0.2) is 47.8 Å². The Balaban J connectivity index is 1.84. The molecule has 0 saturated heterocycles. The van der Waals surface area contributed by atoms with Gasteiger partial charge in [-0.3, -0.25) is 10.1 Å². The van der Waals surface area contributed by atoms with Crippen molar-refractivity contribution in [3.05, 3.63) is 58.0 Å².